The Balaban J connectivity index is 0.00000161. The van der Waals surface area contributed by atoms with E-state index in [0.717, 1.165) is 59.0 Å². The molecule has 0 radical (unpaired) electrons. The molecular weight excluding hydrogens is 713 g/mol. The minimum Gasteiger partial charge on any atom is -0.453 e. The number of methoxy groups -OCH3 is 1. The van der Waals surface area contributed by atoms with E-state index in [1.165, 1.54) is 20.0 Å². The maximum Gasteiger partial charge on any atom is 0.408 e. The zero-order valence-electron chi connectivity index (χ0n) is 35.6. The molecule has 0 saturated heterocycles. The van der Waals surface area contributed by atoms with Crippen LogP contribution in [0.2, 0.25) is 0 Å². The van der Waals surface area contributed by atoms with E-state index >= 15 is 0 Å². The van der Waals surface area contributed by atoms with Crippen LogP contribution in [-0.4, -0.2) is 88.6 Å². The summed E-state index contributed by atoms with van der Waals surface area (Å²) < 4.78 is 9.27. The van der Waals surface area contributed by atoms with Crippen molar-refractivity contribution in [1.29, 1.82) is 0 Å². The van der Waals surface area contributed by atoms with Crippen molar-refractivity contribution in [2.75, 3.05) is 39.1 Å². The maximum absolute atomic E-state index is 12.2. The Kier molecular flexibility index (Phi) is 26.0. The lowest BCUT2D eigenvalue weighted by Crippen LogP contribution is -2.37. The predicted octanol–water partition coefficient (Wildman–Crippen LogP) is 8.84. The van der Waals surface area contributed by atoms with Crippen LogP contribution in [0.4, 0.5) is 15.5 Å². The van der Waals surface area contributed by atoms with Crippen LogP contribution < -0.4 is 16.0 Å². The van der Waals surface area contributed by atoms with Gasteiger partial charge in [-0.05, 0) is 63.0 Å². The summed E-state index contributed by atoms with van der Waals surface area (Å²) in [5, 5.41) is 7.21. The fraction of sp³-hybridized carbons (Fsp3) is 0.476. The number of nitrogens with zero attached hydrogens (tertiary/aromatic N) is 3. The largest absolute Gasteiger partial charge is 0.453 e. The number of rotatable bonds is 12. The highest BCUT2D eigenvalue weighted by Gasteiger charge is 2.17. The minimum absolute atomic E-state index is 0.00662. The van der Waals surface area contributed by atoms with E-state index in [1.54, 1.807) is 27.0 Å². The smallest absolute Gasteiger partial charge is 0.408 e. The highest BCUT2D eigenvalue weighted by Crippen LogP contribution is 2.27. The average molecular weight is 779 g/mol. The van der Waals surface area contributed by atoms with Crippen LogP contribution in [0.25, 0.3) is 33.6 Å². The molecule has 3 amide bonds. The van der Waals surface area contributed by atoms with Crippen LogP contribution in [0.3, 0.4) is 0 Å². The van der Waals surface area contributed by atoms with Crippen molar-refractivity contribution in [3.05, 3.63) is 66.7 Å². The third kappa shape index (κ3) is 21.4. The molecule has 0 aliphatic heterocycles. The molecule has 56 heavy (non-hydrogen) atoms. The molecule has 0 saturated carbocycles. The van der Waals surface area contributed by atoms with E-state index in [2.05, 4.69) is 111 Å². The Morgan fingerprint density at radius 1 is 0.768 bits per heavy atom. The second-order valence-electron chi connectivity index (χ2n) is 13.1. The molecular formula is C42H66N8O6. The summed E-state index contributed by atoms with van der Waals surface area (Å²) >= 11 is 0. The van der Waals surface area contributed by atoms with E-state index in [0.29, 0.717) is 12.2 Å². The van der Waals surface area contributed by atoms with Gasteiger partial charge in [-0.2, -0.15) is 0 Å². The number of imidazole rings is 2. The van der Waals surface area contributed by atoms with Crippen LogP contribution in [0, 0.1) is 0 Å². The third-order valence-electron chi connectivity index (χ3n) is 6.52. The fourth-order valence-corrected chi connectivity index (χ4v) is 4.36. The standard InChI is InChI=1S/C30H37N7O3.C4H7NO3.2C3H8.C2H6/c1-6-15-37(5)19-26-31-16-24(34-26)22-11-7-20(8-12-22)21-9-13-23(14-10-21)25-17-32-28(35-25)36-27(38)18-33-29(39)40-30(2,3)4;1-8-4(7)5-2-3-6;2*1-3-2;1-2/h7-14,16-17H,6,15,18-19H2,1-5H3,(H,31,34)(H,33,39)(H2,32,35,36,38);3H,2H2,1H3,(H,5,7);2*3H2,1-2H3;1-2H3. The number of H-pyrrole nitrogens is 2. The first-order valence-corrected chi connectivity index (χ1v) is 19.2. The number of carbonyl (C=O) groups excluding carboxylic acids is 4. The van der Waals surface area contributed by atoms with Gasteiger partial charge in [0, 0.05) is 0 Å². The lowest BCUT2D eigenvalue weighted by atomic mass is 10.0. The summed E-state index contributed by atoms with van der Waals surface area (Å²) in [6, 6.07) is 16.5. The van der Waals surface area contributed by atoms with E-state index < -0.39 is 23.7 Å². The van der Waals surface area contributed by atoms with E-state index in [9.17, 15) is 19.2 Å². The van der Waals surface area contributed by atoms with Gasteiger partial charge in [0.25, 0.3) is 0 Å². The van der Waals surface area contributed by atoms with Crippen LogP contribution in [0.15, 0.2) is 60.9 Å². The van der Waals surface area contributed by atoms with Crippen molar-refractivity contribution in [2.45, 2.75) is 101 Å². The molecule has 14 nitrogen and oxygen atoms in total. The first kappa shape index (κ1) is 50.5. The first-order chi connectivity index (χ1) is 26.7. The number of aldehydes is 1. The summed E-state index contributed by atoms with van der Waals surface area (Å²) in [7, 11) is 3.34. The van der Waals surface area contributed by atoms with Crippen LogP contribution in [0.5, 0.6) is 0 Å². The summed E-state index contributed by atoms with van der Waals surface area (Å²) in [5.74, 6) is 0.843. The lowest BCUT2D eigenvalue weighted by molar-refractivity contribution is -0.115. The Hall–Kier alpha value is -5.50. The Morgan fingerprint density at radius 3 is 1.71 bits per heavy atom. The van der Waals surface area contributed by atoms with Gasteiger partial charge in [-0.1, -0.05) is 110 Å². The number of ether oxygens (including phenoxy) is 2. The van der Waals surface area contributed by atoms with Gasteiger partial charge < -0.3 is 34.9 Å². The number of amides is 3. The Morgan fingerprint density at radius 2 is 1.25 bits per heavy atom. The number of aromatic nitrogens is 4. The fourth-order valence-electron chi connectivity index (χ4n) is 4.36. The number of benzene rings is 2. The predicted molar refractivity (Wildman–Crippen MR) is 226 cm³/mol. The first-order valence-electron chi connectivity index (χ1n) is 19.2. The van der Waals surface area contributed by atoms with Crippen molar-refractivity contribution < 1.29 is 28.7 Å². The second kappa shape index (κ2) is 28.9. The number of carbonyl (C=O) groups is 4. The number of alkyl carbamates (subject to hydrolysis) is 2. The van der Waals surface area contributed by atoms with Crippen molar-refractivity contribution in [2.24, 2.45) is 0 Å². The molecule has 0 aliphatic carbocycles. The van der Waals surface area contributed by atoms with Gasteiger partial charge in [-0.15, -0.1) is 0 Å². The highest BCUT2D eigenvalue weighted by atomic mass is 16.6. The molecule has 2 aromatic heterocycles. The van der Waals surface area contributed by atoms with Gasteiger partial charge >= 0.3 is 12.2 Å². The van der Waals surface area contributed by atoms with Crippen LogP contribution in [0.1, 0.15) is 94.3 Å². The zero-order valence-corrected chi connectivity index (χ0v) is 35.6. The van der Waals surface area contributed by atoms with Gasteiger partial charge in [0.15, 0.2) is 0 Å². The number of hydrogen-bond acceptors (Lipinski definition) is 9. The van der Waals surface area contributed by atoms with Crippen LogP contribution in [-0.2, 0) is 25.6 Å². The highest BCUT2D eigenvalue weighted by molar-refractivity contribution is 5.92. The second-order valence-corrected chi connectivity index (χ2v) is 13.1. The van der Waals surface area contributed by atoms with Crippen molar-refractivity contribution in [1.82, 2.24) is 35.5 Å². The minimum atomic E-state index is -0.654. The maximum atomic E-state index is 12.2. The van der Waals surface area contributed by atoms with Gasteiger partial charge in [0.05, 0.1) is 44.0 Å². The van der Waals surface area contributed by atoms with E-state index in [1.807, 2.05) is 44.3 Å². The average Bonchev–Trinajstić information content (AvgIpc) is 3.84. The molecule has 14 heteroatoms. The molecule has 310 valence electrons. The van der Waals surface area contributed by atoms with E-state index in [-0.39, 0.29) is 13.1 Å². The molecule has 0 atom stereocenters. The third-order valence-corrected chi connectivity index (χ3v) is 6.52. The summed E-state index contributed by atoms with van der Waals surface area (Å²) in [4.78, 5) is 61.0. The van der Waals surface area contributed by atoms with Crippen LogP contribution >= 0.6 is 0 Å². The molecule has 5 N–H and O–H groups in total. The van der Waals surface area contributed by atoms with Gasteiger partial charge in [0.2, 0.25) is 11.9 Å². The van der Waals surface area contributed by atoms with Gasteiger partial charge in [-0.25, -0.2) is 19.6 Å². The molecule has 2 heterocycles. The number of hydrogen-bond donors (Lipinski definition) is 5. The number of anilines is 1. The SMILES string of the molecule is CC.CCC.CCC.CCCN(C)Cc1ncc(-c2ccc(-c3ccc(-c4cnc(NC(=O)CNC(=O)OC(C)(C)C)[nH]4)cc3)cc2)[nH]1.COC(=O)NCC=O. The summed E-state index contributed by atoms with van der Waals surface area (Å²) in [6.07, 6.45) is 6.49. The lowest BCUT2D eigenvalue weighted by Gasteiger charge is -2.19. The summed E-state index contributed by atoms with van der Waals surface area (Å²) in [5.41, 5.74) is 5.34. The molecule has 0 fully saturated rings. The Labute approximate surface area is 334 Å². The Bertz CT molecular complexity index is 1660. The number of aromatic amines is 2. The molecule has 0 aliphatic rings. The summed E-state index contributed by atoms with van der Waals surface area (Å²) in [6.45, 7) is 21.6. The normalized spacial score (nSPS) is 10.0. The monoisotopic (exact) mass is 779 g/mol. The topological polar surface area (TPSA) is 183 Å². The molecule has 0 spiro atoms. The quantitative estimate of drug-likeness (QED) is 0.0877. The van der Waals surface area contributed by atoms with Gasteiger partial charge in [-0.3, -0.25) is 15.0 Å². The molecule has 0 unspecified atom stereocenters. The molecule has 4 aromatic rings. The molecule has 0 bridgehead atoms. The van der Waals surface area contributed by atoms with E-state index in [4.69, 9.17) is 4.74 Å². The number of nitrogens with one attached hydrogen (secondary N) is 5. The molecule has 4 rings (SSSR count). The zero-order chi connectivity index (χ0) is 42.5. The van der Waals surface area contributed by atoms with Crippen molar-refractivity contribution in [3.63, 3.8) is 0 Å². The van der Waals surface area contributed by atoms with Gasteiger partial charge in [0.1, 0.15) is 24.3 Å². The van der Waals surface area contributed by atoms with Crippen molar-refractivity contribution in [3.8, 4) is 33.6 Å². The van der Waals surface area contributed by atoms with Crippen molar-refractivity contribution >= 4 is 30.3 Å². The molecule has 2 aromatic carbocycles.